The lowest BCUT2D eigenvalue weighted by atomic mass is 9.88. The molecule has 0 saturated heterocycles. The number of rotatable bonds is 3. The van der Waals surface area contributed by atoms with E-state index in [1.165, 1.54) is 4.90 Å². The predicted octanol–water partition coefficient (Wildman–Crippen LogP) is 2.73. The van der Waals surface area contributed by atoms with Crippen LogP contribution in [0.3, 0.4) is 0 Å². The maximum absolute atomic E-state index is 12.4. The first kappa shape index (κ1) is 15.2. The van der Waals surface area contributed by atoms with Gasteiger partial charge in [-0.05, 0) is 40.8 Å². The summed E-state index contributed by atoms with van der Waals surface area (Å²) in [6.07, 6.45) is -0.256. The zero-order chi connectivity index (χ0) is 15.9. The van der Waals surface area contributed by atoms with Gasteiger partial charge in [-0.15, -0.1) is 0 Å². The smallest absolute Gasteiger partial charge is 0.263 e. The molecule has 2 aromatic carbocycles. The second-order valence-corrected chi connectivity index (χ2v) is 6.59. The Morgan fingerprint density at radius 1 is 1.18 bits per heavy atom. The van der Waals surface area contributed by atoms with E-state index in [1.807, 2.05) is 12.1 Å². The van der Waals surface area contributed by atoms with E-state index in [4.69, 9.17) is 0 Å². The number of benzene rings is 2. The lowest BCUT2D eigenvalue weighted by Crippen LogP contribution is -2.40. The molecule has 0 aromatic heterocycles. The van der Waals surface area contributed by atoms with Gasteiger partial charge in [0.25, 0.3) is 5.91 Å². The molecule has 3 rings (SSSR count). The number of carbonyl (C=O) groups excluding carboxylic acids is 2. The number of aliphatic hydroxyl groups is 1. The molecule has 0 fully saturated rings. The molecule has 1 amide bonds. The molecular weight excluding hydrogens is 393 g/mol. The number of likely N-dealkylation sites (N-methyl/N-ethyl adjacent to an activating group) is 1. The van der Waals surface area contributed by atoms with Crippen molar-refractivity contribution in [3.8, 4) is 0 Å². The summed E-state index contributed by atoms with van der Waals surface area (Å²) in [6, 6.07) is 14.1. The average Bonchev–Trinajstić information content (AvgIpc) is 2.70. The normalized spacial score (nSPS) is 20.1. The van der Waals surface area contributed by atoms with Crippen molar-refractivity contribution in [1.29, 1.82) is 0 Å². The fraction of sp³-hybridized carbons (Fsp3) is 0.176. The van der Waals surface area contributed by atoms with Crippen molar-refractivity contribution in [3.63, 3.8) is 0 Å². The maximum atomic E-state index is 12.4. The molecule has 1 N–H and O–H groups in total. The van der Waals surface area contributed by atoms with Gasteiger partial charge in [0.1, 0.15) is 0 Å². The van der Waals surface area contributed by atoms with E-state index in [1.54, 1.807) is 43.4 Å². The Labute approximate surface area is 141 Å². The Hall–Kier alpha value is -1.73. The molecule has 5 heteroatoms. The second-order valence-electron chi connectivity index (χ2n) is 5.35. The molecule has 22 heavy (non-hydrogen) atoms. The molecular formula is C17H14INO3. The third-order valence-electron chi connectivity index (χ3n) is 3.95. The van der Waals surface area contributed by atoms with Crippen LogP contribution in [0.2, 0.25) is 0 Å². The molecule has 0 aliphatic carbocycles. The SMILES string of the molecule is CN1C(=O)C(O)(CC(=O)c2ccc(I)cc2)c2ccccc21. The van der Waals surface area contributed by atoms with Crippen LogP contribution in [-0.4, -0.2) is 23.8 Å². The van der Waals surface area contributed by atoms with Gasteiger partial charge in [0.2, 0.25) is 0 Å². The summed E-state index contributed by atoms with van der Waals surface area (Å²) in [6.45, 7) is 0. The highest BCUT2D eigenvalue weighted by atomic mass is 127. The topological polar surface area (TPSA) is 57.6 Å². The minimum atomic E-state index is -1.79. The van der Waals surface area contributed by atoms with E-state index in [0.29, 0.717) is 16.8 Å². The van der Waals surface area contributed by atoms with Crippen LogP contribution in [-0.2, 0) is 10.4 Å². The fourth-order valence-electron chi connectivity index (χ4n) is 2.76. The van der Waals surface area contributed by atoms with E-state index in [9.17, 15) is 14.7 Å². The predicted molar refractivity (Wildman–Crippen MR) is 91.9 cm³/mol. The number of amides is 1. The largest absolute Gasteiger partial charge is 0.375 e. The summed E-state index contributed by atoms with van der Waals surface area (Å²) in [7, 11) is 1.61. The number of Topliss-reactive ketones (excluding diaryl/α,β-unsaturated/α-hetero) is 1. The third-order valence-corrected chi connectivity index (χ3v) is 4.67. The molecule has 1 heterocycles. The molecule has 0 spiro atoms. The van der Waals surface area contributed by atoms with Gasteiger partial charge in [-0.1, -0.05) is 30.3 Å². The van der Waals surface area contributed by atoms with Crippen LogP contribution in [0.5, 0.6) is 0 Å². The Balaban J connectivity index is 1.95. The van der Waals surface area contributed by atoms with Crippen molar-refractivity contribution in [2.24, 2.45) is 0 Å². The number of hydrogen-bond donors (Lipinski definition) is 1. The van der Waals surface area contributed by atoms with Gasteiger partial charge in [-0.2, -0.15) is 0 Å². The first-order valence-corrected chi connectivity index (χ1v) is 7.90. The minimum Gasteiger partial charge on any atom is -0.375 e. The van der Waals surface area contributed by atoms with Crippen molar-refractivity contribution in [1.82, 2.24) is 0 Å². The third kappa shape index (κ3) is 2.34. The molecule has 112 valence electrons. The lowest BCUT2D eigenvalue weighted by Gasteiger charge is -2.21. The van der Waals surface area contributed by atoms with E-state index >= 15 is 0 Å². The summed E-state index contributed by atoms with van der Waals surface area (Å²) in [4.78, 5) is 26.3. The van der Waals surface area contributed by atoms with E-state index in [-0.39, 0.29) is 12.2 Å². The highest BCUT2D eigenvalue weighted by Crippen LogP contribution is 2.41. The summed E-state index contributed by atoms with van der Waals surface area (Å²) >= 11 is 2.16. The van der Waals surface area contributed by atoms with Crippen LogP contribution >= 0.6 is 22.6 Å². The Kier molecular flexibility index (Phi) is 3.78. The quantitative estimate of drug-likeness (QED) is 0.629. The Morgan fingerprint density at radius 3 is 2.50 bits per heavy atom. The number of halogens is 1. The molecule has 2 aromatic rings. The average molecular weight is 407 g/mol. The minimum absolute atomic E-state index is 0.252. The molecule has 0 bridgehead atoms. The van der Waals surface area contributed by atoms with Gasteiger partial charge < -0.3 is 10.0 Å². The van der Waals surface area contributed by atoms with Crippen molar-refractivity contribution >= 4 is 40.0 Å². The number of para-hydroxylation sites is 1. The van der Waals surface area contributed by atoms with Crippen molar-refractivity contribution in [2.45, 2.75) is 12.0 Å². The van der Waals surface area contributed by atoms with Crippen LogP contribution in [0.4, 0.5) is 5.69 Å². The van der Waals surface area contributed by atoms with Crippen LogP contribution in [0.15, 0.2) is 48.5 Å². The molecule has 1 atom stereocenters. The van der Waals surface area contributed by atoms with Crippen molar-refractivity contribution in [3.05, 3.63) is 63.2 Å². The summed E-state index contributed by atoms with van der Waals surface area (Å²) < 4.78 is 1.02. The van der Waals surface area contributed by atoms with Crippen LogP contribution in [0.1, 0.15) is 22.3 Å². The number of fused-ring (bicyclic) bond motifs is 1. The van der Waals surface area contributed by atoms with Crippen LogP contribution < -0.4 is 4.90 Å². The number of hydrogen-bond acceptors (Lipinski definition) is 3. The Morgan fingerprint density at radius 2 is 1.82 bits per heavy atom. The highest BCUT2D eigenvalue weighted by Gasteiger charge is 2.49. The lowest BCUT2D eigenvalue weighted by molar-refractivity contribution is -0.135. The van der Waals surface area contributed by atoms with Gasteiger partial charge >= 0.3 is 0 Å². The molecule has 0 saturated carbocycles. The number of nitrogens with zero attached hydrogens (tertiary/aromatic N) is 1. The Bertz CT molecular complexity index is 757. The number of ketones is 1. The molecule has 4 nitrogen and oxygen atoms in total. The van der Waals surface area contributed by atoms with E-state index in [0.717, 1.165) is 3.57 Å². The maximum Gasteiger partial charge on any atom is 0.263 e. The number of carbonyl (C=O) groups is 2. The van der Waals surface area contributed by atoms with Gasteiger partial charge in [0, 0.05) is 21.7 Å². The van der Waals surface area contributed by atoms with Gasteiger partial charge in [0.15, 0.2) is 11.4 Å². The summed E-state index contributed by atoms with van der Waals surface area (Å²) in [5.74, 6) is -0.718. The van der Waals surface area contributed by atoms with Gasteiger partial charge in [0.05, 0.1) is 12.1 Å². The highest BCUT2D eigenvalue weighted by molar-refractivity contribution is 14.1. The van der Waals surface area contributed by atoms with Gasteiger partial charge in [-0.3, -0.25) is 9.59 Å². The first-order valence-electron chi connectivity index (χ1n) is 6.82. The number of anilines is 1. The van der Waals surface area contributed by atoms with Crippen molar-refractivity contribution in [2.75, 3.05) is 11.9 Å². The zero-order valence-electron chi connectivity index (χ0n) is 11.9. The van der Waals surface area contributed by atoms with Crippen LogP contribution in [0, 0.1) is 3.57 Å². The van der Waals surface area contributed by atoms with E-state index in [2.05, 4.69) is 22.6 Å². The van der Waals surface area contributed by atoms with Crippen molar-refractivity contribution < 1.29 is 14.7 Å². The second kappa shape index (κ2) is 5.48. The van der Waals surface area contributed by atoms with Crippen LogP contribution in [0.25, 0.3) is 0 Å². The summed E-state index contributed by atoms with van der Waals surface area (Å²) in [5, 5.41) is 10.9. The molecule has 0 radical (unpaired) electrons. The first-order chi connectivity index (χ1) is 10.4. The fourth-order valence-corrected chi connectivity index (χ4v) is 3.12. The zero-order valence-corrected chi connectivity index (χ0v) is 14.1. The van der Waals surface area contributed by atoms with Gasteiger partial charge in [-0.25, -0.2) is 0 Å². The standard InChI is InChI=1S/C17H14INO3/c1-19-14-5-3-2-4-13(14)17(22,16(19)21)10-15(20)11-6-8-12(18)9-7-11/h2-9,22H,10H2,1H3. The monoisotopic (exact) mass is 407 g/mol. The molecule has 1 aliphatic rings. The summed E-state index contributed by atoms with van der Waals surface area (Å²) in [5.41, 5.74) is -0.161. The molecule has 1 aliphatic heterocycles. The van der Waals surface area contributed by atoms with E-state index < -0.39 is 11.5 Å². The molecule has 1 unspecified atom stereocenters.